The number of benzene rings is 2. The molecule has 0 bridgehead atoms. The second kappa shape index (κ2) is 5.33. The highest BCUT2D eigenvalue weighted by molar-refractivity contribution is 9.10. The van der Waals surface area contributed by atoms with Gasteiger partial charge in [-0.2, -0.15) is 0 Å². The fourth-order valence-corrected chi connectivity index (χ4v) is 2.77. The number of aryl methyl sites for hydroxylation is 1. The summed E-state index contributed by atoms with van der Waals surface area (Å²) in [5.74, 6) is 1.04. The molecule has 0 aliphatic carbocycles. The highest BCUT2D eigenvalue weighted by atomic mass is 79.9. The van der Waals surface area contributed by atoms with E-state index >= 15 is 0 Å². The number of anilines is 1. The minimum atomic E-state index is -0.641. The maximum absolute atomic E-state index is 11.6. The minimum Gasteiger partial charge on any atom is -0.456 e. The molecule has 0 saturated carbocycles. The number of nitrogens with two attached hydrogens (primary N) is 1. The van der Waals surface area contributed by atoms with E-state index in [1.807, 2.05) is 13.0 Å². The number of nitrogens with one attached hydrogen (secondary N) is 1. The molecule has 0 saturated heterocycles. The van der Waals surface area contributed by atoms with Crippen molar-refractivity contribution in [1.29, 1.82) is 0 Å². The van der Waals surface area contributed by atoms with Crippen LogP contribution >= 0.6 is 27.5 Å². The van der Waals surface area contributed by atoms with E-state index in [9.17, 15) is 4.79 Å². The van der Waals surface area contributed by atoms with Gasteiger partial charge in [-0.3, -0.25) is 4.79 Å². The van der Waals surface area contributed by atoms with Crippen LogP contribution in [0.5, 0.6) is 11.5 Å². The Kier molecular flexibility index (Phi) is 3.65. The number of hydrogen-bond acceptors (Lipinski definition) is 3. The van der Waals surface area contributed by atoms with E-state index in [4.69, 9.17) is 22.1 Å². The van der Waals surface area contributed by atoms with Gasteiger partial charge >= 0.3 is 0 Å². The zero-order valence-corrected chi connectivity index (χ0v) is 13.5. The lowest BCUT2D eigenvalue weighted by Gasteiger charge is -2.12. The van der Waals surface area contributed by atoms with E-state index in [1.54, 1.807) is 24.3 Å². The number of carbonyl (C=O) groups excluding carboxylic acids is 1. The molecule has 4 nitrogen and oxygen atoms in total. The summed E-state index contributed by atoms with van der Waals surface area (Å²) in [6.07, 6.45) is 0. The van der Waals surface area contributed by atoms with Gasteiger partial charge in [-0.25, -0.2) is 0 Å². The number of carbonyl (C=O) groups is 1. The van der Waals surface area contributed by atoms with Gasteiger partial charge in [0.1, 0.15) is 17.5 Å². The summed E-state index contributed by atoms with van der Waals surface area (Å²) in [5, 5.41) is 3.34. The van der Waals surface area contributed by atoms with Gasteiger partial charge in [0.2, 0.25) is 5.91 Å². The Balaban J connectivity index is 1.99. The van der Waals surface area contributed by atoms with E-state index in [1.165, 1.54) is 0 Å². The minimum absolute atomic E-state index is 0.215. The van der Waals surface area contributed by atoms with Crippen molar-refractivity contribution < 1.29 is 9.53 Å². The standard InChI is InChI=1S/C15H12BrClN2O2/c1-7-2-3-8(17)4-12(7)21-13-6-11-9(5-10(13)16)14(18)15(20)19-11/h2-6,14H,18H2,1H3,(H,19,20). The lowest BCUT2D eigenvalue weighted by atomic mass is 10.1. The second-order valence-electron chi connectivity index (χ2n) is 4.85. The first-order valence-electron chi connectivity index (χ1n) is 6.29. The van der Waals surface area contributed by atoms with Crippen molar-refractivity contribution in [1.82, 2.24) is 0 Å². The van der Waals surface area contributed by atoms with Crippen LogP contribution in [-0.4, -0.2) is 5.91 Å². The third-order valence-electron chi connectivity index (χ3n) is 3.35. The molecule has 6 heteroatoms. The third kappa shape index (κ3) is 2.64. The van der Waals surface area contributed by atoms with Crippen molar-refractivity contribution in [3.63, 3.8) is 0 Å². The lowest BCUT2D eigenvalue weighted by Crippen LogP contribution is -2.19. The number of hydrogen-bond donors (Lipinski definition) is 2. The Bertz CT molecular complexity index is 749. The number of amides is 1. The molecule has 0 aromatic heterocycles. The second-order valence-corrected chi connectivity index (χ2v) is 6.14. The fourth-order valence-electron chi connectivity index (χ4n) is 2.17. The monoisotopic (exact) mass is 366 g/mol. The van der Waals surface area contributed by atoms with Crippen LogP contribution < -0.4 is 15.8 Å². The van der Waals surface area contributed by atoms with Gasteiger partial charge in [-0.15, -0.1) is 0 Å². The van der Waals surface area contributed by atoms with Crippen molar-refractivity contribution >= 4 is 39.1 Å². The molecule has 1 unspecified atom stereocenters. The topological polar surface area (TPSA) is 64.3 Å². The van der Waals surface area contributed by atoms with Crippen molar-refractivity contribution in [2.24, 2.45) is 5.73 Å². The van der Waals surface area contributed by atoms with E-state index in [0.29, 0.717) is 22.2 Å². The van der Waals surface area contributed by atoms with E-state index in [0.717, 1.165) is 15.6 Å². The van der Waals surface area contributed by atoms with Gasteiger partial charge < -0.3 is 15.8 Å². The normalized spacial score (nSPS) is 16.6. The summed E-state index contributed by atoms with van der Waals surface area (Å²) in [6.45, 7) is 1.94. The molecule has 1 amide bonds. The number of rotatable bonds is 2. The van der Waals surface area contributed by atoms with Crippen LogP contribution in [0.2, 0.25) is 5.02 Å². The van der Waals surface area contributed by atoms with Gasteiger partial charge in [0, 0.05) is 22.3 Å². The van der Waals surface area contributed by atoms with Crippen molar-refractivity contribution in [3.05, 3.63) is 51.0 Å². The predicted octanol–water partition coefficient (Wildman–Crippen LogP) is 4.16. The van der Waals surface area contributed by atoms with E-state index in [-0.39, 0.29) is 5.91 Å². The average Bonchev–Trinajstić information content (AvgIpc) is 2.70. The molecule has 1 heterocycles. The van der Waals surface area contributed by atoms with Gasteiger partial charge in [-0.05, 0) is 46.6 Å². The molecule has 108 valence electrons. The molecule has 3 rings (SSSR count). The molecule has 0 spiro atoms. The molecule has 1 aliphatic heterocycles. The van der Waals surface area contributed by atoms with Crippen LogP contribution in [0.4, 0.5) is 5.69 Å². The highest BCUT2D eigenvalue weighted by Crippen LogP contribution is 2.40. The predicted molar refractivity (Wildman–Crippen MR) is 86.0 cm³/mol. The van der Waals surface area contributed by atoms with Gasteiger partial charge in [0.05, 0.1) is 4.47 Å². The van der Waals surface area contributed by atoms with Crippen LogP contribution in [0.1, 0.15) is 17.2 Å². The Morgan fingerprint density at radius 2 is 2.05 bits per heavy atom. The summed E-state index contributed by atoms with van der Waals surface area (Å²) in [5.41, 5.74) is 8.20. The summed E-state index contributed by atoms with van der Waals surface area (Å²) < 4.78 is 6.62. The van der Waals surface area contributed by atoms with Gasteiger partial charge in [0.25, 0.3) is 0 Å². The lowest BCUT2D eigenvalue weighted by molar-refractivity contribution is -0.116. The molecule has 0 fully saturated rings. The van der Waals surface area contributed by atoms with Crippen LogP contribution in [0.3, 0.4) is 0 Å². The Morgan fingerprint density at radius 3 is 2.81 bits per heavy atom. The fraction of sp³-hybridized carbons (Fsp3) is 0.133. The van der Waals surface area contributed by atoms with Crippen molar-refractivity contribution in [2.75, 3.05) is 5.32 Å². The maximum atomic E-state index is 11.6. The summed E-state index contributed by atoms with van der Waals surface area (Å²) in [4.78, 5) is 11.6. The smallest absolute Gasteiger partial charge is 0.245 e. The largest absolute Gasteiger partial charge is 0.456 e. The highest BCUT2D eigenvalue weighted by Gasteiger charge is 2.28. The SMILES string of the molecule is Cc1ccc(Cl)cc1Oc1cc2c(cc1Br)C(N)C(=O)N2. The first-order valence-corrected chi connectivity index (χ1v) is 7.46. The summed E-state index contributed by atoms with van der Waals surface area (Å²) in [7, 11) is 0. The van der Waals surface area contributed by atoms with E-state index < -0.39 is 6.04 Å². The molecule has 21 heavy (non-hydrogen) atoms. The molecule has 1 atom stereocenters. The van der Waals surface area contributed by atoms with Crippen LogP contribution in [-0.2, 0) is 4.79 Å². The first-order chi connectivity index (χ1) is 9.95. The maximum Gasteiger partial charge on any atom is 0.245 e. The van der Waals surface area contributed by atoms with Gasteiger partial charge in [-0.1, -0.05) is 17.7 Å². The van der Waals surface area contributed by atoms with Crippen molar-refractivity contribution in [3.8, 4) is 11.5 Å². The number of fused-ring (bicyclic) bond motifs is 1. The zero-order chi connectivity index (χ0) is 15.1. The summed E-state index contributed by atoms with van der Waals surface area (Å²) in [6, 6.07) is 8.36. The Morgan fingerprint density at radius 1 is 1.29 bits per heavy atom. The van der Waals surface area contributed by atoms with Crippen LogP contribution in [0.25, 0.3) is 0 Å². The molecule has 1 aliphatic rings. The number of halogens is 2. The first kappa shape index (κ1) is 14.4. The molecule has 2 aromatic rings. The third-order valence-corrected chi connectivity index (χ3v) is 4.20. The number of ether oxygens (including phenoxy) is 1. The quantitative estimate of drug-likeness (QED) is 0.838. The van der Waals surface area contributed by atoms with Gasteiger partial charge in [0.15, 0.2) is 0 Å². The molecule has 2 aromatic carbocycles. The molecule has 3 N–H and O–H groups in total. The van der Waals surface area contributed by atoms with Crippen molar-refractivity contribution in [2.45, 2.75) is 13.0 Å². The Labute approximate surface area is 135 Å². The average molecular weight is 368 g/mol. The van der Waals surface area contributed by atoms with Crippen LogP contribution in [0.15, 0.2) is 34.8 Å². The molecular formula is C15H12BrClN2O2. The summed E-state index contributed by atoms with van der Waals surface area (Å²) >= 11 is 9.43. The van der Waals surface area contributed by atoms with E-state index in [2.05, 4.69) is 21.2 Å². The van der Waals surface area contributed by atoms with Crippen LogP contribution in [0, 0.1) is 6.92 Å². The Hall–Kier alpha value is -1.56. The zero-order valence-electron chi connectivity index (χ0n) is 11.1. The molecular weight excluding hydrogens is 356 g/mol. The molecule has 0 radical (unpaired) electrons.